The van der Waals surface area contributed by atoms with E-state index in [0.29, 0.717) is 6.54 Å². The number of guanidine groups is 1. The fourth-order valence-electron chi connectivity index (χ4n) is 3.43. The van der Waals surface area contributed by atoms with E-state index in [4.69, 9.17) is 0 Å². The number of rotatable bonds is 6. The lowest BCUT2D eigenvalue weighted by molar-refractivity contribution is 0.775. The Labute approximate surface area is 170 Å². The van der Waals surface area contributed by atoms with Gasteiger partial charge in [0, 0.05) is 30.7 Å². The number of H-pyrrole nitrogens is 2. The SMILES string of the molecule is CN=C(NCCc1c[nH]c2cc(C)ccc12)NCc1ncc(-c2ccccc2)[nH]1. The van der Waals surface area contributed by atoms with Crippen LogP contribution in [0, 0.1) is 6.92 Å². The van der Waals surface area contributed by atoms with Crippen LogP contribution in [0.15, 0.2) is 65.9 Å². The second-order valence-electron chi connectivity index (χ2n) is 7.08. The Hall–Kier alpha value is -3.54. The molecule has 2 heterocycles. The van der Waals surface area contributed by atoms with E-state index in [1.165, 1.54) is 22.0 Å². The lowest BCUT2D eigenvalue weighted by Crippen LogP contribution is -2.38. The van der Waals surface area contributed by atoms with E-state index in [9.17, 15) is 0 Å². The van der Waals surface area contributed by atoms with Crippen LogP contribution in [-0.4, -0.2) is 34.5 Å². The largest absolute Gasteiger partial charge is 0.361 e. The summed E-state index contributed by atoms with van der Waals surface area (Å²) in [7, 11) is 1.78. The monoisotopic (exact) mass is 386 g/mol. The Morgan fingerprint density at radius 1 is 1.10 bits per heavy atom. The number of nitrogens with one attached hydrogen (secondary N) is 4. The summed E-state index contributed by atoms with van der Waals surface area (Å²) in [6.07, 6.45) is 4.87. The van der Waals surface area contributed by atoms with E-state index >= 15 is 0 Å². The number of hydrogen-bond donors (Lipinski definition) is 4. The highest BCUT2D eigenvalue weighted by Gasteiger charge is 2.06. The van der Waals surface area contributed by atoms with Crippen LogP contribution in [0.25, 0.3) is 22.2 Å². The average molecular weight is 387 g/mol. The number of fused-ring (bicyclic) bond motifs is 1. The van der Waals surface area contributed by atoms with Crippen LogP contribution in [0.3, 0.4) is 0 Å². The summed E-state index contributed by atoms with van der Waals surface area (Å²) in [5.41, 5.74) is 5.90. The summed E-state index contributed by atoms with van der Waals surface area (Å²) < 4.78 is 0. The first-order valence-electron chi connectivity index (χ1n) is 9.83. The fourth-order valence-corrected chi connectivity index (χ4v) is 3.43. The molecule has 2 aromatic carbocycles. The summed E-state index contributed by atoms with van der Waals surface area (Å²) in [5, 5.41) is 7.97. The average Bonchev–Trinajstić information content (AvgIpc) is 3.38. The van der Waals surface area contributed by atoms with Crippen LogP contribution in [0.4, 0.5) is 0 Å². The van der Waals surface area contributed by atoms with Crippen molar-refractivity contribution in [1.82, 2.24) is 25.6 Å². The molecule has 0 radical (unpaired) electrons. The van der Waals surface area contributed by atoms with Crippen molar-refractivity contribution in [3.05, 3.63) is 77.9 Å². The topological polar surface area (TPSA) is 80.9 Å². The molecule has 0 saturated heterocycles. The highest BCUT2D eigenvalue weighted by Crippen LogP contribution is 2.19. The number of aromatic nitrogens is 3. The number of nitrogens with zero attached hydrogens (tertiary/aromatic N) is 2. The van der Waals surface area contributed by atoms with Crippen molar-refractivity contribution < 1.29 is 0 Å². The van der Waals surface area contributed by atoms with Gasteiger partial charge in [-0.15, -0.1) is 0 Å². The highest BCUT2D eigenvalue weighted by molar-refractivity contribution is 5.84. The van der Waals surface area contributed by atoms with Gasteiger partial charge in [0.15, 0.2) is 5.96 Å². The molecule has 0 aliphatic carbocycles. The number of benzene rings is 2. The van der Waals surface area contributed by atoms with Gasteiger partial charge in [-0.05, 0) is 36.1 Å². The van der Waals surface area contributed by atoms with E-state index in [0.717, 1.165) is 36.0 Å². The Morgan fingerprint density at radius 2 is 1.97 bits per heavy atom. The van der Waals surface area contributed by atoms with Crippen LogP contribution in [-0.2, 0) is 13.0 Å². The van der Waals surface area contributed by atoms with Crippen LogP contribution < -0.4 is 10.6 Å². The third kappa shape index (κ3) is 4.48. The predicted octanol–water partition coefficient (Wildman–Crippen LogP) is 3.77. The second kappa shape index (κ2) is 8.65. The van der Waals surface area contributed by atoms with Gasteiger partial charge in [-0.2, -0.15) is 0 Å². The fraction of sp³-hybridized carbons (Fsp3) is 0.217. The maximum atomic E-state index is 4.46. The number of imidazole rings is 1. The van der Waals surface area contributed by atoms with Crippen LogP contribution in [0.5, 0.6) is 0 Å². The van der Waals surface area contributed by atoms with Crippen LogP contribution in [0.2, 0.25) is 0 Å². The van der Waals surface area contributed by atoms with Gasteiger partial charge in [-0.1, -0.05) is 42.5 Å². The molecule has 0 bridgehead atoms. The number of aromatic amines is 2. The minimum absolute atomic E-state index is 0.582. The molecule has 2 aromatic heterocycles. The Bertz CT molecular complexity index is 1110. The van der Waals surface area contributed by atoms with Crippen molar-refractivity contribution in [2.45, 2.75) is 19.9 Å². The standard InChI is InChI=1S/C23H26N6/c1-16-8-9-19-18(13-26-20(19)12-16)10-11-25-23(24-2)28-15-22-27-14-21(29-22)17-6-4-3-5-7-17/h3-9,12-14,26H,10-11,15H2,1-2H3,(H,27,29)(H2,24,25,28). The van der Waals surface area contributed by atoms with Gasteiger partial charge >= 0.3 is 0 Å². The van der Waals surface area contributed by atoms with E-state index < -0.39 is 0 Å². The molecule has 6 heteroatoms. The van der Waals surface area contributed by atoms with Gasteiger partial charge in [0.05, 0.1) is 18.4 Å². The van der Waals surface area contributed by atoms with Crippen LogP contribution in [0.1, 0.15) is 17.0 Å². The molecule has 4 rings (SSSR count). The third-order valence-corrected chi connectivity index (χ3v) is 4.97. The molecule has 0 spiro atoms. The van der Waals surface area contributed by atoms with E-state index in [2.05, 4.69) is 74.0 Å². The lowest BCUT2D eigenvalue weighted by atomic mass is 10.1. The molecule has 0 aliphatic rings. The van der Waals surface area contributed by atoms with Crippen molar-refractivity contribution in [2.75, 3.05) is 13.6 Å². The first kappa shape index (κ1) is 18.8. The first-order valence-corrected chi connectivity index (χ1v) is 9.83. The van der Waals surface area contributed by atoms with E-state index in [1.54, 1.807) is 7.05 Å². The van der Waals surface area contributed by atoms with Gasteiger partial charge in [0.25, 0.3) is 0 Å². The first-order chi connectivity index (χ1) is 14.2. The molecular weight excluding hydrogens is 360 g/mol. The predicted molar refractivity (Wildman–Crippen MR) is 119 cm³/mol. The zero-order valence-electron chi connectivity index (χ0n) is 16.8. The summed E-state index contributed by atoms with van der Waals surface area (Å²) >= 11 is 0. The number of aliphatic imine (C=N–C) groups is 1. The molecular formula is C23H26N6. The Morgan fingerprint density at radius 3 is 2.79 bits per heavy atom. The van der Waals surface area contributed by atoms with Gasteiger partial charge < -0.3 is 20.6 Å². The Kier molecular flexibility index (Phi) is 5.61. The molecule has 148 valence electrons. The van der Waals surface area contributed by atoms with Crippen LogP contribution >= 0.6 is 0 Å². The smallest absolute Gasteiger partial charge is 0.191 e. The molecule has 4 aromatic rings. The van der Waals surface area contributed by atoms with Crippen molar-refractivity contribution in [1.29, 1.82) is 0 Å². The molecule has 0 amide bonds. The lowest BCUT2D eigenvalue weighted by Gasteiger charge is -2.10. The minimum Gasteiger partial charge on any atom is -0.361 e. The molecule has 0 saturated carbocycles. The van der Waals surface area contributed by atoms with Gasteiger partial charge in [-0.3, -0.25) is 4.99 Å². The molecule has 0 aliphatic heterocycles. The zero-order valence-corrected chi connectivity index (χ0v) is 16.8. The maximum Gasteiger partial charge on any atom is 0.191 e. The summed E-state index contributed by atoms with van der Waals surface area (Å²) in [6, 6.07) is 16.7. The number of hydrogen-bond acceptors (Lipinski definition) is 2. The Balaban J connectivity index is 1.29. The quantitative estimate of drug-likeness (QED) is 0.301. The normalized spacial score (nSPS) is 11.7. The highest BCUT2D eigenvalue weighted by atomic mass is 15.2. The minimum atomic E-state index is 0.582. The van der Waals surface area contributed by atoms with Gasteiger partial charge in [0.1, 0.15) is 5.82 Å². The van der Waals surface area contributed by atoms with E-state index in [-0.39, 0.29) is 0 Å². The van der Waals surface area contributed by atoms with Crippen molar-refractivity contribution in [3.63, 3.8) is 0 Å². The van der Waals surface area contributed by atoms with Crippen molar-refractivity contribution >= 4 is 16.9 Å². The van der Waals surface area contributed by atoms with Crippen molar-refractivity contribution in [2.24, 2.45) is 4.99 Å². The summed E-state index contributed by atoms with van der Waals surface area (Å²) in [5.74, 6) is 1.64. The van der Waals surface area contributed by atoms with Crippen molar-refractivity contribution in [3.8, 4) is 11.3 Å². The molecule has 4 N–H and O–H groups in total. The number of aryl methyl sites for hydroxylation is 1. The van der Waals surface area contributed by atoms with E-state index in [1.807, 2.05) is 24.4 Å². The maximum absolute atomic E-state index is 4.46. The zero-order chi connectivity index (χ0) is 20.1. The molecule has 0 fully saturated rings. The van der Waals surface area contributed by atoms with Gasteiger partial charge in [-0.25, -0.2) is 4.98 Å². The molecule has 29 heavy (non-hydrogen) atoms. The summed E-state index contributed by atoms with van der Waals surface area (Å²) in [4.78, 5) is 15.5. The molecule has 0 atom stereocenters. The summed E-state index contributed by atoms with van der Waals surface area (Å²) in [6.45, 7) is 3.49. The molecule has 0 unspecified atom stereocenters. The third-order valence-electron chi connectivity index (χ3n) is 4.97. The molecule has 6 nitrogen and oxygen atoms in total. The second-order valence-corrected chi connectivity index (χ2v) is 7.08. The van der Waals surface area contributed by atoms with Gasteiger partial charge in [0.2, 0.25) is 0 Å².